The maximum atomic E-state index is 11.1. The smallest absolute Gasteiger partial charge is 0.311 e. The van der Waals surface area contributed by atoms with Crippen molar-refractivity contribution in [1.82, 2.24) is 4.98 Å². The summed E-state index contributed by atoms with van der Waals surface area (Å²) < 4.78 is 0. The predicted octanol–water partition coefficient (Wildman–Crippen LogP) is 2.08. The summed E-state index contributed by atoms with van der Waals surface area (Å²) in [7, 11) is 0. The van der Waals surface area contributed by atoms with Gasteiger partial charge in [0.05, 0.1) is 22.6 Å². The summed E-state index contributed by atoms with van der Waals surface area (Å²) in [6.07, 6.45) is 2.90. The van der Waals surface area contributed by atoms with Gasteiger partial charge in [0.1, 0.15) is 11.9 Å². The molecule has 0 aliphatic heterocycles. The zero-order valence-electron chi connectivity index (χ0n) is 10.2. The minimum atomic E-state index is -0.449. The van der Waals surface area contributed by atoms with Crippen LogP contribution >= 0.6 is 0 Å². The number of nitrogens with zero attached hydrogens (tertiary/aromatic N) is 2. The first-order valence-electron chi connectivity index (χ1n) is 6.06. The Morgan fingerprint density at radius 3 is 2.79 bits per heavy atom. The summed E-state index contributed by atoms with van der Waals surface area (Å²) in [6, 6.07) is 7.26. The van der Waals surface area contributed by atoms with Crippen LogP contribution in [0.2, 0.25) is 0 Å². The average molecular weight is 259 g/mol. The number of aromatic nitrogens is 1. The van der Waals surface area contributed by atoms with Crippen LogP contribution in [0.5, 0.6) is 0 Å². The fourth-order valence-corrected chi connectivity index (χ4v) is 2.14. The number of benzene rings is 1. The Kier molecular flexibility index (Phi) is 2.60. The van der Waals surface area contributed by atoms with E-state index >= 15 is 0 Å². The molecule has 1 saturated carbocycles. The lowest BCUT2D eigenvalue weighted by Gasteiger charge is -2.17. The Morgan fingerprint density at radius 1 is 1.42 bits per heavy atom. The fourth-order valence-electron chi connectivity index (χ4n) is 2.14. The van der Waals surface area contributed by atoms with Gasteiger partial charge in [0.15, 0.2) is 0 Å². The largest absolute Gasteiger partial charge is 0.394 e. The first kappa shape index (κ1) is 11.9. The normalized spacial score (nSPS) is 16.3. The molecule has 1 aromatic heterocycles. The monoisotopic (exact) mass is 259 g/mol. The highest BCUT2D eigenvalue weighted by Crippen LogP contribution is 2.42. The van der Waals surface area contributed by atoms with E-state index in [2.05, 4.69) is 10.3 Å². The fraction of sp³-hybridized carbons (Fsp3) is 0.308. The molecule has 0 unspecified atom stereocenters. The summed E-state index contributed by atoms with van der Waals surface area (Å²) in [6.45, 7) is -0.0270. The van der Waals surface area contributed by atoms with Gasteiger partial charge in [-0.1, -0.05) is 18.2 Å². The average Bonchev–Trinajstić information content (AvgIpc) is 3.19. The molecule has 3 rings (SSSR count). The lowest BCUT2D eigenvalue weighted by molar-refractivity contribution is -0.384. The summed E-state index contributed by atoms with van der Waals surface area (Å²) in [5, 5.41) is 24.3. The summed E-state index contributed by atoms with van der Waals surface area (Å²) >= 11 is 0. The van der Waals surface area contributed by atoms with Gasteiger partial charge in [-0.2, -0.15) is 0 Å². The predicted molar refractivity (Wildman–Crippen MR) is 71.1 cm³/mol. The van der Waals surface area contributed by atoms with Crippen molar-refractivity contribution in [2.75, 3.05) is 11.9 Å². The van der Waals surface area contributed by atoms with Gasteiger partial charge < -0.3 is 10.4 Å². The van der Waals surface area contributed by atoms with E-state index in [1.165, 1.54) is 6.20 Å². The Hall–Kier alpha value is -2.21. The molecule has 0 saturated heterocycles. The molecule has 1 heterocycles. The van der Waals surface area contributed by atoms with Crippen molar-refractivity contribution >= 4 is 22.3 Å². The third kappa shape index (κ3) is 2.00. The molecule has 2 N–H and O–H groups in total. The molecule has 0 radical (unpaired) electrons. The lowest BCUT2D eigenvalue weighted by atomic mass is 10.1. The second-order valence-corrected chi connectivity index (χ2v) is 4.86. The topological polar surface area (TPSA) is 88.3 Å². The van der Waals surface area contributed by atoms with Crippen LogP contribution in [0.1, 0.15) is 12.8 Å². The number of rotatable bonds is 4. The maximum absolute atomic E-state index is 11.1. The molecule has 0 atom stereocenters. The van der Waals surface area contributed by atoms with Crippen molar-refractivity contribution in [2.24, 2.45) is 0 Å². The number of aliphatic hydroxyl groups is 1. The second-order valence-electron chi connectivity index (χ2n) is 4.86. The van der Waals surface area contributed by atoms with Gasteiger partial charge in [-0.15, -0.1) is 0 Å². The third-order valence-electron chi connectivity index (χ3n) is 3.50. The van der Waals surface area contributed by atoms with E-state index in [1.54, 1.807) is 6.07 Å². The summed E-state index contributed by atoms with van der Waals surface area (Å²) in [5.74, 6) is 0. The van der Waals surface area contributed by atoms with Crippen molar-refractivity contribution in [2.45, 2.75) is 18.4 Å². The molecule has 1 aliphatic rings. The number of hydrogen-bond donors (Lipinski definition) is 2. The number of nitrogens with one attached hydrogen (secondary N) is 1. The van der Waals surface area contributed by atoms with Crippen molar-refractivity contribution in [3.63, 3.8) is 0 Å². The van der Waals surface area contributed by atoms with Crippen LogP contribution in [0.25, 0.3) is 10.9 Å². The standard InChI is InChI=1S/C13H13N3O3/c17-8-13(5-6-13)15-12-9-3-1-2-4-10(9)14-7-11(12)16(18)19/h1-4,7,17H,5-6,8H2,(H,14,15). The van der Waals surface area contributed by atoms with Crippen molar-refractivity contribution < 1.29 is 10.0 Å². The number of para-hydroxylation sites is 1. The highest BCUT2D eigenvalue weighted by molar-refractivity contribution is 5.96. The Balaban J connectivity index is 2.17. The number of aliphatic hydroxyl groups excluding tert-OH is 1. The van der Waals surface area contributed by atoms with E-state index in [-0.39, 0.29) is 12.3 Å². The minimum absolute atomic E-state index is 0.0270. The van der Waals surface area contributed by atoms with Crippen LogP contribution in [0.4, 0.5) is 11.4 Å². The molecule has 2 aromatic rings. The van der Waals surface area contributed by atoms with Crippen LogP contribution in [0, 0.1) is 10.1 Å². The number of fused-ring (bicyclic) bond motifs is 1. The highest BCUT2D eigenvalue weighted by atomic mass is 16.6. The van der Waals surface area contributed by atoms with Gasteiger partial charge in [-0.05, 0) is 18.9 Å². The number of nitro groups is 1. The van der Waals surface area contributed by atoms with E-state index < -0.39 is 10.5 Å². The molecule has 1 aliphatic carbocycles. The zero-order valence-corrected chi connectivity index (χ0v) is 10.2. The molecule has 0 amide bonds. The Labute approximate surface area is 109 Å². The quantitative estimate of drug-likeness (QED) is 0.648. The van der Waals surface area contributed by atoms with E-state index in [0.717, 1.165) is 12.8 Å². The first-order valence-corrected chi connectivity index (χ1v) is 6.06. The second kappa shape index (κ2) is 4.17. The van der Waals surface area contributed by atoms with Crippen molar-refractivity contribution in [1.29, 1.82) is 0 Å². The Morgan fingerprint density at radius 2 is 2.16 bits per heavy atom. The molecular weight excluding hydrogens is 246 g/mol. The first-order chi connectivity index (χ1) is 9.15. The van der Waals surface area contributed by atoms with Gasteiger partial charge in [-0.25, -0.2) is 4.98 Å². The highest BCUT2D eigenvalue weighted by Gasteiger charge is 2.43. The molecule has 0 spiro atoms. The van der Waals surface area contributed by atoms with Crippen LogP contribution in [0.15, 0.2) is 30.5 Å². The van der Waals surface area contributed by atoms with Crippen LogP contribution in [-0.4, -0.2) is 27.2 Å². The molecule has 0 bridgehead atoms. The van der Waals surface area contributed by atoms with E-state index in [4.69, 9.17) is 0 Å². The van der Waals surface area contributed by atoms with Gasteiger partial charge in [0.25, 0.3) is 0 Å². The van der Waals surface area contributed by atoms with Gasteiger partial charge in [0, 0.05) is 5.39 Å². The molecule has 6 heteroatoms. The van der Waals surface area contributed by atoms with E-state index in [1.807, 2.05) is 18.2 Å². The molecule has 98 valence electrons. The lowest BCUT2D eigenvalue weighted by Crippen LogP contribution is -2.26. The van der Waals surface area contributed by atoms with Crippen molar-refractivity contribution in [3.8, 4) is 0 Å². The summed E-state index contributed by atoms with van der Waals surface area (Å²) in [4.78, 5) is 14.8. The number of pyridine rings is 1. The SMILES string of the molecule is O=[N+]([O-])c1cnc2ccccc2c1NC1(CO)CC1. The van der Waals surface area contributed by atoms with Gasteiger partial charge in [-0.3, -0.25) is 10.1 Å². The van der Waals surface area contributed by atoms with Crippen LogP contribution in [0.3, 0.4) is 0 Å². The van der Waals surface area contributed by atoms with E-state index in [9.17, 15) is 15.2 Å². The number of hydrogen-bond acceptors (Lipinski definition) is 5. The molecule has 6 nitrogen and oxygen atoms in total. The van der Waals surface area contributed by atoms with Crippen molar-refractivity contribution in [3.05, 3.63) is 40.6 Å². The molecular formula is C13H13N3O3. The Bertz CT molecular complexity index is 653. The summed E-state index contributed by atoms with van der Waals surface area (Å²) in [5.41, 5.74) is 0.680. The van der Waals surface area contributed by atoms with Crippen LogP contribution in [-0.2, 0) is 0 Å². The molecule has 1 aromatic carbocycles. The minimum Gasteiger partial charge on any atom is -0.394 e. The van der Waals surface area contributed by atoms with Gasteiger partial charge in [0.2, 0.25) is 0 Å². The maximum Gasteiger partial charge on any atom is 0.311 e. The number of anilines is 1. The van der Waals surface area contributed by atoms with Crippen LogP contribution < -0.4 is 5.32 Å². The zero-order chi connectivity index (χ0) is 13.5. The van der Waals surface area contributed by atoms with E-state index in [0.29, 0.717) is 16.6 Å². The third-order valence-corrected chi connectivity index (χ3v) is 3.50. The molecule has 19 heavy (non-hydrogen) atoms. The van der Waals surface area contributed by atoms with Gasteiger partial charge >= 0.3 is 5.69 Å². The molecule has 1 fully saturated rings.